The van der Waals surface area contributed by atoms with Gasteiger partial charge < -0.3 is 15.2 Å². The molecule has 0 spiro atoms. The van der Waals surface area contributed by atoms with Crippen molar-refractivity contribution in [2.75, 3.05) is 17.1 Å². The predicted octanol–water partition coefficient (Wildman–Crippen LogP) is 5.15. The van der Waals surface area contributed by atoms with E-state index in [-0.39, 0.29) is 28.6 Å². The number of anilines is 2. The molecule has 1 aliphatic carbocycles. The van der Waals surface area contributed by atoms with Gasteiger partial charge in [0.1, 0.15) is 5.82 Å². The number of halogens is 3. The van der Waals surface area contributed by atoms with Crippen molar-refractivity contribution >= 4 is 44.2 Å². The molecule has 2 heterocycles. The molecule has 2 aromatic carbocycles. The lowest BCUT2D eigenvalue weighted by Crippen LogP contribution is -2.28. The summed E-state index contributed by atoms with van der Waals surface area (Å²) in [5, 5.41) is 13.5. The first kappa shape index (κ1) is 27.0. The molecule has 0 radical (unpaired) electrons. The lowest BCUT2D eigenvalue weighted by atomic mass is 9.93. The maximum Gasteiger partial charge on any atom is 0.267 e. The molecule has 0 unspecified atom stereocenters. The quantitative estimate of drug-likeness (QED) is 0.276. The largest absolute Gasteiger partial charge is 0.480 e. The molecule has 0 amide bonds. The number of aliphatic hydroxyl groups is 1. The smallest absolute Gasteiger partial charge is 0.267 e. The summed E-state index contributed by atoms with van der Waals surface area (Å²) in [6, 6.07) is 7.87. The first-order chi connectivity index (χ1) is 18.6. The summed E-state index contributed by atoms with van der Waals surface area (Å²) >= 11 is 5.89. The van der Waals surface area contributed by atoms with E-state index in [2.05, 4.69) is 25.0 Å². The van der Waals surface area contributed by atoms with Gasteiger partial charge in [-0.25, -0.2) is 32.2 Å². The summed E-state index contributed by atoms with van der Waals surface area (Å²) in [7, 11) is -3.16. The van der Waals surface area contributed by atoms with Crippen molar-refractivity contribution in [2.45, 2.75) is 42.7 Å². The normalized spacial score (nSPS) is 17.7. The molecule has 1 aliphatic rings. The van der Waals surface area contributed by atoms with Crippen LogP contribution in [-0.4, -0.2) is 47.7 Å². The van der Waals surface area contributed by atoms with E-state index in [1.807, 2.05) is 0 Å². The van der Waals surface area contributed by atoms with E-state index in [1.54, 1.807) is 12.3 Å². The van der Waals surface area contributed by atoms with Gasteiger partial charge in [0.15, 0.2) is 10.7 Å². The van der Waals surface area contributed by atoms with Crippen LogP contribution in [0.25, 0.3) is 22.0 Å². The zero-order valence-electron chi connectivity index (χ0n) is 20.7. The number of rotatable bonds is 7. The minimum Gasteiger partial charge on any atom is -0.480 e. The van der Waals surface area contributed by atoms with Crippen LogP contribution < -0.4 is 14.8 Å². The van der Waals surface area contributed by atoms with Crippen LogP contribution in [0.3, 0.4) is 0 Å². The third-order valence-corrected chi connectivity index (χ3v) is 8.07. The van der Waals surface area contributed by atoms with Gasteiger partial charge in [-0.2, -0.15) is 0 Å². The Morgan fingerprint density at radius 2 is 1.82 bits per heavy atom. The standard InChI is InChI=1S/C26H24ClF2N5O4S/c1-38-25-22(11-16(27)13-30-25)39(36,37)34-21-9-7-19(28)23(24(21)29)14-2-8-20-15(10-14)12-31-26(33-20)32-17-3-5-18(35)6-4-17/h2,7-13,17-18,34-35H,3-6H2,1H3,(H,31,32,33)/t17-,18+. The number of fused-ring (bicyclic) bond motifs is 1. The average molecular weight is 576 g/mol. The topological polar surface area (TPSA) is 126 Å². The van der Waals surface area contributed by atoms with Crippen molar-refractivity contribution in [3.8, 4) is 17.0 Å². The summed E-state index contributed by atoms with van der Waals surface area (Å²) in [4.78, 5) is 12.2. The second kappa shape index (κ2) is 10.9. The molecule has 0 saturated heterocycles. The molecule has 13 heteroatoms. The Labute approximate surface area is 228 Å². The fourth-order valence-electron chi connectivity index (χ4n) is 4.51. The van der Waals surface area contributed by atoms with Crippen LogP contribution in [-0.2, 0) is 10.0 Å². The molecule has 204 valence electrons. The van der Waals surface area contributed by atoms with E-state index in [9.17, 15) is 17.9 Å². The molecule has 9 nitrogen and oxygen atoms in total. The second-order valence-corrected chi connectivity index (χ2v) is 11.3. The summed E-state index contributed by atoms with van der Waals surface area (Å²) in [5.41, 5.74) is -0.158. The van der Waals surface area contributed by atoms with Gasteiger partial charge in [0, 0.05) is 23.8 Å². The average Bonchev–Trinajstić information content (AvgIpc) is 2.91. The summed E-state index contributed by atoms with van der Waals surface area (Å²) in [6.07, 6.45) is 5.52. The van der Waals surface area contributed by atoms with Crippen LogP contribution in [0.2, 0.25) is 5.02 Å². The number of methoxy groups -OCH3 is 1. The van der Waals surface area contributed by atoms with E-state index >= 15 is 4.39 Å². The van der Waals surface area contributed by atoms with Crippen molar-refractivity contribution in [1.82, 2.24) is 15.0 Å². The van der Waals surface area contributed by atoms with Gasteiger partial charge in [-0.3, -0.25) is 4.72 Å². The molecular formula is C26H24ClF2N5O4S. The maximum atomic E-state index is 15.6. The fourth-order valence-corrected chi connectivity index (χ4v) is 5.94. The highest BCUT2D eigenvalue weighted by molar-refractivity contribution is 7.92. The minimum absolute atomic E-state index is 0.0331. The van der Waals surface area contributed by atoms with Crippen molar-refractivity contribution in [3.05, 3.63) is 65.4 Å². The van der Waals surface area contributed by atoms with Crippen LogP contribution >= 0.6 is 11.6 Å². The van der Waals surface area contributed by atoms with Gasteiger partial charge in [0.05, 0.1) is 35.0 Å². The Bertz CT molecular complexity index is 1650. The molecule has 39 heavy (non-hydrogen) atoms. The number of sulfonamides is 1. The van der Waals surface area contributed by atoms with E-state index in [4.69, 9.17) is 16.3 Å². The number of ether oxygens (including phenoxy) is 1. The molecular weight excluding hydrogens is 552 g/mol. The van der Waals surface area contributed by atoms with Crippen LogP contribution in [0.4, 0.5) is 20.4 Å². The molecule has 1 fully saturated rings. The highest BCUT2D eigenvalue weighted by Gasteiger charge is 2.25. The third kappa shape index (κ3) is 5.72. The number of hydrogen-bond donors (Lipinski definition) is 3. The zero-order chi connectivity index (χ0) is 27.7. The van der Waals surface area contributed by atoms with Crippen molar-refractivity contribution in [3.63, 3.8) is 0 Å². The number of aromatic nitrogens is 3. The third-order valence-electron chi connectivity index (χ3n) is 6.50. The highest BCUT2D eigenvalue weighted by Crippen LogP contribution is 2.34. The Kier molecular flexibility index (Phi) is 7.52. The Morgan fingerprint density at radius 1 is 1.05 bits per heavy atom. The van der Waals surface area contributed by atoms with Gasteiger partial charge in [0.2, 0.25) is 11.8 Å². The van der Waals surface area contributed by atoms with Crippen LogP contribution in [0.1, 0.15) is 25.7 Å². The molecule has 0 bridgehead atoms. The predicted molar refractivity (Wildman–Crippen MR) is 143 cm³/mol. The van der Waals surface area contributed by atoms with Crippen molar-refractivity contribution in [2.24, 2.45) is 0 Å². The van der Waals surface area contributed by atoms with E-state index in [0.29, 0.717) is 29.7 Å². The molecule has 0 atom stereocenters. The Balaban J connectivity index is 1.44. The molecule has 4 aromatic rings. The molecule has 0 aliphatic heterocycles. The molecule has 5 rings (SSSR count). The highest BCUT2D eigenvalue weighted by atomic mass is 35.5. The summed E-state index contributed by atoms with van der Waals surface area (Å²) in [5.74, 6) is -1.79. The van der Waals surface area contributed by atoms with Gasteiger partial charge in [-0.05, 0) is 61.6 Å². The summed E-state index contributed by atoms with van der Waals surface area (Å²) < 4.78 is 63.6. The monoisotopic (exact) mass is 575 g/mol. The minimum atomic E-state index is -4.39. The number of aliphatic hydroxyl groups excluding tert-OH is 1. The summed E-state index contributed by atoms with van der Waals surface area (Å²) in [6.45, 7) is 0. The first-order valence-corrected chi connectivity index (χ1v) is 13.9. The number of pyridine rings is 1. The SMILES string of the molecule is COc1ncc(Cl)cc1S(=O)(=O)Nc1ccc(F)c(-c2ccc3nc(N[C@H]4CC[C@@H](O)CC4)ncc3c2)c1F. The zero-order valence-corrected chi connectivity index (χ0v) is 22.2. The lowest BCUT2D eigenvalue weighted by molar-refractivity contribution is 0.126. The maximum absolute atomic E-state index is 15.6. The van der Waals surface area contributed by atoms with Gasteiger partial charge in [0.25, 0.3) is 10.0 Å². The molecule has 3 N–H and O–H groups in total. The van der Waals surface area contributed by atoms with E-state index < -0.39 is 37.8 Å². The van der Waals surface area contributed by atoms with Gasteiger partial charge in [-0.1, -0.05) is 17.7 Å². The molecule has 2 aromatic heterocycles. The number of hydrogen-bond acceptors (Lipinski definition) is 8. The molecule has 1 saturated carbocycles. The van der Waals surface area contributed by atoms with Crippen LogP contribution in [0.5, 0.6) is 5.88 Å². The fraction of sp³-hybridized carbons (Fsp3) is 0.269. The number of nitrogens with zero attached hydrogens (tertiary/aromatic N) is 3. The number of benzene rings is 2. The Hall–Kier alpha value is -3.61. The second-order valence-electron chi connectivity index (χ2n) is 9.17. The van der Waals surface area contributed by atoms with Crippen molar-refractivity contribution in [1.29, 1.82) is 0 Å². The van der Waals surface area contributed by atoms with Gasteiger partial charge >= 0.3 is 0 Å². The van der Waals surface area contributed by atoms with Crippen LogP contribution in [0, 0.1) is 11.6 Å². The first-order valence-electron chi connectivity index (χ1n) is 12.1. The van der Waals surface area contributed by atoms with E-state index in [1.165, 1.54) is 25.4 Å². The van der Waals surface area contributed by atoms with E-state index in [0.717, 1.165) is 31.0 Å². The Morgan fingerprint density at radius 3 is 2.56 bits per heavy atom. The van der Waals surface area contributed by atoms with Crippen LogP contribution in [0.15, 0.2) is 53.7 Å². The van der Waals surface area contributed by atoms with Crippen molar-refractivity contribution < 1.29 is 27.0 Å². The number of nitrogens with one attached hydrogen (secondary N) is 2. The van der Waals surface area contributed by atoms with Gasteiger partial charge in [-0.15, -0.1) is 0 Å². The lowest BCUT2D eigenvalue weighted by Gasteiger charge is -2.26.